The predicted octanol–water partition coefficient (Wildman–Crippen LogP) is 7.49. The van der Waals surface area contributed by atoms with E-state index in [1.54, 1.807) is 7.11 Å². The molecule has 0 saturated heterocycles. The summed E-state index contributed by atoms with van der Waals surface area (Å²) < 4.78 is 45.6. The number of ether oxygens (including phenoxy) is 1. The van der Waals surface area contributed by atoms with Crippen molar-refractivity contribution < 1.29 is 22.7 Å². The number of alkyl halides is 3. The second-order valence-corrected chi connectivity index (χ2v) is 9.17. The second-order valence-electron chi connectivity index (χ2n) is 8.17. The van der Waals surface area contributed by atoms with E-state index in [1.165, 1.54) is 18.2 Å². The molecule has 0 fully saturated rings. The highest BCUT2D eigenvalue weighted by molar-refractivity contribution is 7.21. The molecule has 9 heteroatoms. The molecule has 186 valence electrons. The minimum atomic E-state index is -4.62. The third kappa shape index (κ3) is 4.73. The normalized spacial score (nSPS) is 11.5. The highest BCUT2D eigenvalue weighted by atomic mass is 32.1. The minimum Gasteiger partial charge on any atom is -0.497 e. The monoisotopic (exact) mass is 519 g/mol. The minimum absolute atomic E-state index is 0.0828. The van der Waals surface area contributed by atoms with Gasteiger partial charge >= 0.3 is 6.18 Å². The Balaban J connectivity index is 1.65. The first-order valence-corrected chi connectivity index (χ1v) is 12.0. The standard InChI is InChI=1S/C28H20F3N3O2S/c1-36-18-13-11-16(12-14-18)19-15-22(17-7-3-2-4-8-17)34-27-23(19)24(32)25(37-27)26(35)33-21-10-6-5-9-20(21)28(29,30)31/h2-15H,32H2,1H3,(H,33,35). The molecule has 2 heterocycles. The van der Waals surface area contributed by atoms with Crippen LogP contribution in [0, 0.1) is 0 Å². The Hall–Kier alpha value is -4.37. The number of nitrogens with two attached hydrogens (primary N) is 1. The molecule has 3 aromatic carbocycles. The fourth-order valence-corrected chi connectivity index (χ4v) is 5.08. The molecule has 0 spiro atoms. The van der Waals surface area contributed by atoms with Crippen molar-refractivity contribution in [2.24, 2.45) is 0 Å². The molecule has 5 nitrogen and oxygen atoms in total. The average molecular weight is 520 g/mol. The summed E-state index contributed by atoms with van der Waals surface area (Å²) in [6.45, 7) is 0. The first-order valence-electron chi connectivity index (χ1n) is 11.2. The number of anilines is 2. The van der Waals surface area contributed by atoms with Gasteiger partial charge in [-0.1, -0.05) is 54.6 Å². The molecular formula is C28H20F3N3O2S. The Morgan fingerprint density at radius 1 is 0.946 bits per heavy atom. The third-order valence-corrected chi connectivity index (χ3v) is 6.95. The lowest BCUT2D eigenvalue weighted by Gasteiger charge is -2.13. The lowest BCUT2D eigenvalue weighted by Crippen LogP contribution is -2.16. The van der Waals surface area contributed by atoms with E-state index in [9.17, 15) is 18.0 Å². The third-order valence-electron chi connectivity index (χ3n) is 5.86. The summed E-state index contributed by atoms with van der Waals surface area (Å²) in [6.07, 6.45) is -4.62. The number of hydrogen-bond acceptors (Lipinski definition) is 5. The zero-order valence-electron chi connectivity index (χ0n) is 19.5. The molecule has 5 rings (SSSR count). The zero-order chi connectivity index (χ0) is 26.2. The largest absolute Gasteiger partial charge is 0.497 e. The number of fused-ring (bicyclic) bond motifs is 1. The Morgan fingerprint density at radius 2 is 1.62 bits per heavy atom. The molecule has 0 aliphatic heterocycles. The number of pyridine rings is 1. The van der Waals surface area contributed by atoms with Crippen LogP contribution in [0.1, 0.15) is 15.2 Å². The van der Waals surface area contributed by atoms with Crippen LogP contribution >= 0.6 is 11.3 Å². The highest BCUT2D eigenvalue weighted by Crippen LogP contribution is 2.42. The van der Waals surface area contributed by atoms with E-state index in [0.717, 1.165) is 34.1 Å². The van der Waals surface area contributed by atoms with Crippen LogP contribution in [-0.4, -0.2) is 18.0 Å². The van der Waals surface area contributed by atoms with E-state index in [1.807, 2.05) is 60.7 Å². The van der Waals surface area contributed by atoms with E-state index in [4.69, 9.17) is 15.5 Å². The van der Waals surface area contributed by atoms with Gasteiger partial charge in [-0.25, -0.2) is 4.98 Å². The molecule has 0 aliphatic rings. The molecule has 0 radical (unpaired) electrons. The number of hydrogen-bond donors (Lipinski definition) is 2. The van der Waals surface area contributed by atoms with Crippen molar-refractivity contribution in [3.8, 4) is 28.1 Å². The summed E-state index contributed by atoms with van der Waals surface area (Å²) in [6, 6.07) is 23.6. The number of amides is 1. The maximum absolute atomic E-state index is 13.5. The molecule has 0 aliphatic carbocycles. The van der Waals surface area contributed by atoms with E-state index in [0.29, 0.717) is 21.7 Å². The van der Waals surface area contributed by atoms with Crippen molar-refractivity contribution in [2.75, 3.05) is 18.2 Å². The number of nitrogens with one attached hydrogen (secondary N) is 1. The van der Waals surface area contributed by atoms with Gasteiger partial charge < -0.3 is 15.8 Å². The molecule has 0 saturated carbocycles. The molecular weight excluding hydrogens is 499 g/mol. The highest BCUT2D eigenvalue weighted by Gasteiger charge is 2.34. The predicted molar refractivity (Wildman–Crippen MR) is 141 cm³/mol. The van der Waals surface area contributed by atoms with E-state index >= 15 is 0 Å². The van der Waals surface area contributed by atoms with Crippen LogP contribution in [0.25, 0.3) is 32.6 Å². The van der Waals surface area contributed by atoms with E-state index in [2.05, 4.69) is 5.32 Å². The number of nitrogens with zero attached hydrogens (tertiary/aromatic N) is 1. The van der Waals surface area contributed by atoms with Gasteiger partial charge in [0.05, 0.1) is 29.7 Å². The zero-order valence-corrected chi connectivity index (χ0v) is 20.3. The van der Waals surface area contributed by atoms with Gasteiger partial charge in [0.1, 0.15) is 15.5 Å². The molecule has 0 unspecified atom stereocenters. The molecule has 0 bridgehead atoms. The van der Waals surface area contributed by atoms with Crippen molar-refractivity contribution in [3.05, 3.63) is 95.4 Å². The summed E-state index contributed by atoms with van der Waals surface area (Å²) in [5.41, 5.74) is 8.45. The van der Waals surface area contributed by atoms with Gasteiger partial charge in [0.2, 0.25) is 0 Å². The number of rotatable bonds is 5. The van der Waals surface area contributed by atoms with E-state index in [-0.39, 0.29) is 16.3 Å². The van der Waals surface area contributed by atoms with Crippen molar-refractivity contribution in [2.45, 2.75) is 6.18 Å². The average Bonchev–Trinajstić information content (AvgIpc) is 3.25. The van der Waals surface area contributed by atoms with Gasteiger partial charge in [-0.3, -0.25) is 4.79 Å². The van der Waals surface area contributed by atoms with Gasteiger partial charge in [-0.2, -0.15) is 13.2 Å². The van der Waals surface area contributed by atoms with Crippen LogP contribution in [0.2, 0.25) is 0 Å². The lowest BCUT2D eigenvalue weighted by molar-refractivity contribution is -0.136. The first-order chi connectivity index (χ1) is 17.8. The number of halogens is 3. The molecule has 1 amide bonds. The van der Waals surface area contributed by atoms with Gasteiger partial charge in [0, 0.05) is 10.9 Å². The van der Waals surface area contributed by atoms with Gasteiger partial charge in [-0.05, 0) is 41.5 Å². The summed E-state index contributed by atoms with van der Waals surface area (Å²) in [5, 5.41) is 2.94. The lowest BCUT2D eigenvalue weighted by atomic mass is 9.99. The number of carbonyl (C=O) groups excluding carboxylic acids is 1. The van der Waals surface area contributed by atoms with Gasteiger partial charge in [0.25, 0.3) is 5.91 Å². The molecule has 3 N–H and O–H groups in total. The summed E-state index contributed by atoms with van der Waals surface area (Å²) in [4.78, 5) is 18.5. The maximum atomic E-state index is 13.5. The fourth-order valence-electron chi connectivity index (χ4n) is 4.06. The Kier molecular flexibility index (Phi) is 6.31. The van der Waals surface area contributed by atoms with Crippen LogP contribution in [0.4, 0.5) is 24.5 Å². The number of benzene rings is 3. The number of aromatic nitrogens is 1. The van der Waals surface area contributed by atoms with Crippen LogP contribution in [0.5, 0.6) is 5.75 Å². The van der Waals surface area contributed by atoms with Crippen molar-refractivity contribution in [1.82, 2.24) is 4.98 Å². The van der Waals surface area contributed by atoms with Gasteiger partial charge in [0.15, 0.2) is 0 Å². The van der Waals surface area contributed by atoms with Crippen LogP contribution in [0.15, 0.2) is 84.9 Å². The van der Waals surface area contributed by atoms with Crippen molar-refractivity contribution in [3.63, 3.8) is 0 Å². The summed E-state index contributed by atoms with van der Waals surface area (Å²) in [7, 11) is 1.58. The van der Waals surface area contributed by atoms with E-state index < -0.39 is 17.6 Å². The smallest absolute Gasteiger partial charge is 0.418 e. The summed E-state index contributed by atoms with van der Waals surface area (Å²) in [5.74, 6) is -0.0573. The topological polar surface area (TPSA) is 77.2 Å². The number of carbonyl (C=O) groups is 1. The quantitative estimate of drug-likeness (QED) is 0.252. The first kappa shape index (κ1) is 24.3. The Morgan fingerprint density at radius 3 is 2.30 bits per heavy atom. The summed E-state index contributed by atoms with van der Waals surface area (Å²) >= 11 is 1.04. The Labute approximate surface area is 214 Å². The number of thiophene rings is 1. The molecule has 5 aromatic rings. The molecule has 0 atom stereocenters. The van der Waals surface area contributed by atoms with Crippen LogP contribution in [0.3, 0.4) is 0 Å². The van der Waals surface area contributed by atoms with Crippen LogP contribution < -0.4 is 15.8 Å². The Bertz CT molecular complexity index is 1600. The second kappa shape index (κ2) is 9.59. The number of nitrogen functional groups attached to an aromatic ring is 1. The van der Waals surface area contributed by atoms with Crippen LogP contribution in [-0.2, 0) is 6.18 Å². The van der Waals surface area contributed by atoms with Crippen molar-refractivity contribution in [1.29, 1.82) is 0 Å². The number of methoxy groups -OCH3 is 1. The number of para-hydroxylation sites is 1. The maximum Gasteiger partial charge on any atom is 0.418 e. The fraction of sp³-hybridized carbons (Fsp3) is 0.0714. The van der Waals surface area contributed by atoms with Gasteiger partial charge in [-0.15, -0.1) is 11.3 Å². The SMILES string of the molecule is COc1ccc(-c2cc(-c3ccccc3)nc3sc(C(=O)Nc4ccccc4C(F)(F)F)c(N)c23)cc1. The van der Waals surface area contributed by atoms with Crippen molar-refractivity contribution >= 4 is 38.8 Å². The molecule has 37 heavy (non-hydrogen) atoms. The molecule has 2 aromatic heterocycles.